The van der Waals surface area contributed by atoms with E-state index in [-0.39, 0.29) is 0 Å². The van der Waals surface area contributed by atoms with E-state index < -0.39 is 0 Å². The minimum Gasteiger partial charge on any atom is -0.0806 e. The molecule has 17 heavy (non-hydrogen) atoms. The van der Waals surface area contributed by atoms with E-state index in [9.17, 15) is 0 Å². The Hall–Kier alpha value is -1.30. The molecule has 0 heteroatoms. The zero-order valence-corrected chi connectivity index (χ0v) is 10.5. The lowest BCUT2D eigenvalue weighted by Gasteiger charge is -2.23. The van der Waals surface area contributed by atoms with Crippen molar-refractivity contribution in [3.63, 3.8) is 0 Å². The largest absolute Gasteiger partial charge is 0.0806 e. The molecule has 0 aromatic heterocycles. The molecular weight excluding hydrogens is 204 g/mol. The number of hydrogen-bond donors (Lipinski definition) is 0. The van der Waals surface area contributed by atoms with Gasteiger partial charge in [-0.2, -0.15) is 0 Å². The monoisotopic (exact) mass is 224 g/mol. The molecule has 2 aliphatic rings. The van der Waals surface area contributed by atoms with Gasteiger partial charge in [-0.15, -0.1) is 0 Å². The van der Waals surface area contributed by atoms with Crippen molar-refractivity contribution < 1.29 is 0 Å². The molecule has 1 saturated carbocycles. The van der Waals surface area contributed by atoms with Crippen LogP contribution in [0.15, 0.2) is 54.1 Å². The third kappa shape index (κ3) is 2.22. The molecule has 0 spiro atoms. The maximum atomic E-state index is 2.51. The van der Waals surface area contributed by atoms with Gasteiger partial charge in [0.1, 0.15) is 0 Å². The second kappa shape index (κ2) is 4.52. The Morgan fingerprint density at radius 2 is 1.94 bits per heavy atom. The van der Waals surface area contributed by atoms with E-state index in [4.69, 9.17) is 0 Å². The Bertz CT molecular complexity index is 438. The maximum Gasteiger partial charge on any atom is -0.0133 e. The average molecular weight is 224 g/mol. The molecule has 3 unspecified atom stereocenters. The van der Waals surface area contributed by atoms with Crippen LogP contribution in [0.25, 0.3) is 0 Å². The summed E-state index contributed by atoms with van der Waals surface area (Å²) in [5, 5.41) is 0. The van der Waals surface area contributed by atoms with Crippen molar-refractivity contribution in [1.82, 2.24) is 0 Å². The van der Waals surface area contributed by atoms with Gasteiger partial charge in [0.25, 0.3) is 0 Å². The molecule has 0 aliphatic heterocycles. The molecule has 1 fully saturated rings. The molecule has 2 aliphatic carbocycles. The van der Waals surface area contributed by atoms with Crippen molar-refractivity contribution in [1.29, 1.82) is 0 Å². The van der Waals surface area contributed by atoms with Gasteiger partial charge in [0.15, 0.2) is 0 Å². The van der Waals surface area contributed by atoms with Crippen LogP contribution < -0.4 is 0 Å². The van der Waals surface area contributed by atoms with Crippen molar-refractivity contribution >= 4 is 0 Å². The minimum atomic E-state index is 0.792. The zero-order valence-electron chi connectivity index (χ0n) is 10.5. The first-order valence-electron chi connectivity index (χ1n) is 6.73. The molecule has 0 bridgehead atoms. The summed E-state index contributed by atoms with van der Waals surface area (Å²) in [6.07, 6.45) is 11.3. The first kappa shape index (κ1) is 10.8. The van der Waals surface area contributed by atoms with Crippen LogP contribution in [0.4, 0.5) is 0 Å². The fraction of sp³-hybridized carbons (Fsp3) is 0.412. The van der Waals surface area contributed by atoms with Crippen LogP contribution in [-0.4, -0.2) is 0 Å². The van der Waals surface area contributed by atoms with Crippen LogP contribution in [0, 0.1) is 17.8 Å². The van der Waals surface area contributed by atoms with Crippen LogP contribution in [0.3, 0.4) is 0 Å². The number of fused-ring (bicyclic) bond motifs is 1. The van der Waals surface area contributed by atoms with E-state index in [1.54, 1.807) is 0 Å². The number of allylic oxidation sites excluding steroid dienone is 4. The number of hydrogen-bond acceptors (Lipinski definition) is 0. The van der Waals surface area contributed by atoms with Gasteiger partial charge in [0.2, 0.25) is 0 Å². The van der Waals surface area contributed by atoms with Gasteiger partial charge in [0.05, 0.1) is 0 Å². The van der Waals surface area contributed by atoms with E-state index in [2.05, 4.69) is 55.5 Å². The maximum absolute atomic E-state index is 2.51. The van der Waals surface area contributed by atoms with E-state index in [0.29, 0.717) is 0 Å². The van der Waals surface area contributed by atoms with E-state index in [1.807, 2.05) is 0 Å². The summed E-state index contributed by atoms with van der Waals surface area (Å²) in [6.45, 7) is 2.23. The van der Waals surface area contributed by atoms with Gasteiger partial charge in [-0.05, 0) is 49.5 Å². The average Bonchev–Trinajstić information content (AvgIpc) is 2.73. The van der Waals surface area contributed by atoms with Crippen molar-refractivity contribution in [2.24, 2.45) is 17.8 Å². The van der Waals surface area contributed by atoms with Gasteiger partial charge in [-0.25, -0.2) is 0 Å². The molecule has 0 saturated heterocycles. The molecule has 0 radical (unpaired) electrons. The molecule has 0 N–H and O–H groups in total. The molecule has 3 rings (SSSR count). The summed E-state index contributed by atoms with van der Waals surface area (Å²) in [6, 6.07) is 11.0. The molecule has 0 heterocycles. The lowest BCUT2D eigenvalue weighted by Crippen LogP contribution is -2.16. The summed E-state index contributed by atoms with van der Waals surface area (Å²) < 4.78 is 0. The van der Waals surface area contributed by atoms with Crippen LogP contribution in [-0.2, 0) is 6.42 Å². The summed E-state index contributed by atoms with van der Waals surface area (Å²) in [4.78, 5) is 0. The second-order valence-electron chi connectivity index (χ2n) is 5.54. The predicted octanol–water partition coefficient (Wildman–Crippen LogP) is 4.39. The van der Waals surface area contributed by atoms with Crippen LogP contribution >= 0.6 is 0 Å². The second-order valence-corrected chi connectivity index (χ2v) is 5.54. The molecule has 1 aromatic rings. The molecule has 0 nitrogen and oxygen atoms in total. The van der Waals surface area contributed by atoms with E-state index in [1.165, 1.54) is 30.4 Å². The van der Waals surface area contributed by atoms with Crippen molar-refractivity contribution in [2.75, 3.05) is 0 Å². The van der Waals surface area contributed by atoms with Crippen molar-refractivity contribution in [3.05, 3.63) is 59.7 Å². The fourth-order valence-electron chi connectivity index (χ4n) is 3.41. The fourth-order valence-corrected chi connectivity index (χ4v) is 3.41. The third-order valence-corrected chi connectivity index (χ3v) is 4.31. The third-order valence-electron chi connectivity index (χ3n) is 4.31. The van der Waals surface area contributed by atoms with Gasteiger partial charge < -0.3 is 0 Å². The van der Waals surface area contributed by atoms with Crippen LogP contribution in [0.1, 0.15) is 25.3 Å². The highest BCUT2D eigenvalue weighted by Gasteiger charge is 2.34. The van der Waals surface area contributed by atoms with E-state index >= 15 is 0 Å². The highest BCUT2D eigenvalue weighted by atomic mass is 14.4. The first-order valence-corrected chi connectivity index (χ1v) is 6.73. The summed E-state index contributed by atoms with van der Waals surface area (Å²) >= 11 is 0. The molecule has 0 amide bonds. The van der Waals surface area contributed by atoms with Gasteiger partial charge in [-0.3, -0.25) is 0 Å². The number of benzene rings is 1. The lowest BCUT2D eigenvalue weighted by atomic mass is 9.81. The Labute approximate surface area is 104 Å². The zero-order chi connectivity index (χ0) is 11.7. The number of rotatable bonds is 2. The Morgan fingerprint density at radius 1 is 1.12 bits per heavy atom. The smallest absolute Gasteiger partial charge is 0.0133 e. The highest BCUT2D eigenvalue weighted by molar-refractivity contribution is 5.26. The van der Waals surface area contributed by atoms with Gasteiger partial charge >= 0.3 is 0 Å². The van der Waals surface area contributed by atoms with Crippen LogP contribution in [0.5, 0.6) is 0 Å². The van der Waals surface area contributed by atoms with Gasteiger partial charge in [0, 0.05) is 0 Å². The SMILES string of the molecule is CC1=CC2C(C=C1)CCC2Cc1ccccc1. The molecule has 1 aromatic carbocycles. The summed E-state index contributed by atoms with van der Waals surface area (Å²) in [7, 11) is 0. The predicted molar refractivity (Wildman–Crippen MR) is 72.7 cm³/mol. The molecular formula is C17H20. The quantitative estimate of drug-likeness (QED) is 0.699. The Morgan fingerprint density at radius 3 is 2.76 bits per heavy atom. The minimum absolute atomic E-state index is 0.792. The van der Waals surface area contributed by atoms with Crippen molar-refractivity contribution in [2.45, 2.75) is 26.2 Å². The molecule has 3 atom stereocenters. The Balaban J connectivity index is 1.75. The highest BCUT2D eigenvalue weighted by Crippen LogP contribution is 2.43. The lowest BCUT2D eigenvalue weighted by molar-refractivity contribution is 0.415. The Kier molecular flexibility index (Phi) is 2.88. The van der Waals surface area contributed by atoms with Gasteiger partial charge in [-0.1, -0.05) is 54.1 Å². The summed E-state index contributed by atoms with van der Waals surface area (Å²) in [5.41, 5.74) is 2.95. The summed E-state index contributed by atoms with van der Waals surface area (Å²) in [5.74, 6) is 2.45. The molecule has 88 valence electrons. The van der Waals surface area contributed by atoms with Crippen LogP contribution in [0.2, 0.25) is 0 Å². The normalized spacial score (nSPS) is 31.1. The van der Waals surface area contributed by atoms with E-state index in [0.717, 1.165) is 17.8 Å². The topological polar surface area (TPSA) is 0 Å². The van der Waals surface area contributed by atoms with Crippen molar-refractivity contribution in [3.8, 4) is 0 Å². The standard InChI is InChI=1S/C17H20/c1-13-7-8-15-9-10-16(17(15)11-13)12-14-5-3-2-4-6-14/h2-8,11,15-17H,9-10,12H2,1H3. The first-order chi connectivity index (χ1) is 8.33.